The standard InChI is InChI=1S/C14H17NO4/c1-10(14(17)18)9-15-13(16)8-5-11-3-6-12(19-2)7-4-11/h3-8,10H,9H2,1-2H3,(H,15,16)(H,17,18). The average Bonchev–Trinajstić information content (AvgIpc) is 2.42. The zero-order chi connectivity index (χ0) is 14.3. The minimum absolute atomic E-state index is 0.112. The van der Waals surface area contributed by atoms with Gasteiger partial charge in [0.05, 0.1) is 13.0 Å². The van der Waals surface area contributed by atoms with E-state index in [1.54, 1.807) is 25.3 Å². The summed E-state index contributed by atoms with van der Waals surface area (Å²) >= 11 is 0. The fourth-order valence-electron chi connectivity index (χ4n) is 1.29. The lowest BCUT2D eigenvalue weighted by Gasteiger charge is -2.05. The van der Waals surface area contributed by atoms with E-state index in [1.165, 1.54) is 13.0 Å². The van der Waals surface area contributed by atoms with Crippen LogP contribution in [0.2, 0.25) is 0 Å². The van der Waals surface area contributed by atoms with Crippen molar-refractivity contribution >= 4 is 18.0 Å². The molecule has 1 aromatic carbocycles. The molecule has 0 saturated heterocycles. The number of benzene rings is 1. The molecule has 0 radical (unpaired) electrons. The first-order valence-electron chi connectivity index (χ1n) is 5.85. The first-order chi connectivity index (χ1) is 9.02. The van der Waals surface area contributed by atoms with Crippen LogP contribution >= 0.6 is 0 Å². The number of methoxy groups -OCH3 is 1. The summed E-state index contributed by atoms with van der Waals surface area (Å²) in [5.74, 6) is -1.10. The summed E-state index contributed by atoms with van der Waals surface area (Å²) < 4.78 is 5.02. The van der Waals surface area contributed by atoms with E-state index in [9.17, 15) is 9.59 Å². The molecular weight excluding hydrogens is 246 g/mol. The zero-order valence-corrected chi connectivity index (χ0v) is 10.9. The maximum absolute atomic E-state index is 11.5. The molecule has 5 nitrogen and oxygen atoms in total. The van der Waals surface area contributed by atoms with Gasteiger partial charge in [-0.15, -0.1) is 0 Å². The molecule has 0 aliphatic heterocycles. The number of rotatable bonds is 6. The van der Waals surface area contributed by atoms with Crippen molar-refractivity contribution in [1.82, 2.24) is 5.32 Å². The largest absolute Gasteiger partial charge is 0.497 e. The molecule has 1 atom stereocenters. The summed E-state index contributed by atoms with van der Waals surface area (Å²) in [6.07, 6.45) is 3.02. The van der Waals surface area contributed by atoms with Gasteiger partial charge in [-0.25, -0.2) is 0 Å². The molecule has 1 unspecified atom stereocenters. The van der Waals surface area contributed by atoms with Crippen molar-refractivity contribution in [3.63, 3.8) is 0 Å². The highest BCUT2D eigenvalue weighted by Gasteiger charge is 2.10. The first kappa shape index (κ1) is 14.8. The summed E-state index contributed by atoms with van der Waals surface area (Å²) in [6, 6.07) is 7.24. The molecule has 0 heterocycles. The molecule has 0 aliphatic rings. The van der Waals surface area contributed by atoms with Gasteiger partial charge in [0, 0.05) is 12.6 Å². The normalized spacial score (nSPS) is 12.1. The Morgan fingerprint density at radius 1 is 1.37 bits per heavy atom. The van der Waals surface area contributed by atoms with E-state index in [-0.39, 0.29) is 12.5 Å². The van der Waals surface area contributed by atoms with Crippen LogP contribution in [0.15, 0.2) is 30.3 Å². The van der Waals surface area contributed by atoms with Gasteiger partial charge in [-0.05, 0) is 23.8 Å². The molecule has 19 heavy (non-hydrogen) atoms. The number of carbonyl (C=O) groups excluding carboxylic acids is 1. The van der Waals surface area contributed by atoms with Crippen LogP contribution in [0.1, 0.15) is 12.5 Å². The molecule has 0 aromatic heterocycles. The molecule has 1 amide bonds. The van der Waals surface area contributed by atoms with Gasteiger partial charge in [-0.2, -0.15) is 0 Å². The fraction of sp³-hybridized carbons (Fsp3) is 0.286. The van der Waals surface area contributed by atoms with Crippen LogP contribution < -0.4 is 10.1 Å². The van der Waals surface area contributed by atoms with E-state index in [4.69, 9.17) is 9.84 Å². The second-order valence-corrected chi connectivity index (χ2v) is 4.09. The molecule has 0 spiro atoms. The number of aliphatic carboxylic acids is 1. The van der Waals surface area contributed by atoms with Gasteiger partial charge in [0.25, 0.3) is 0 Å². The van der Waals surface area contributed by atoms with Crippen LogP contribution in [-0.4, -0.2) is 30.6 Å². The summed E-state index contributed by atoms with van der Waals surface area (Å²) in [5, 5.41) is 11.2. The number of hydrogen-bond acceptors (Lipinski definition) is 3. The quantitative estimate of drug-likeness (QED) is 0.763. The second-order valence-electron chi connectivity index (χ2n) is 4.09. The average molecular weight is 263 g/mol. The number of nitrogens with one attached hydrogen (secondary N) is 1. The van der Waals surface area contributed by atoms with Crippen LogP contribution in [0, 0.1) is 5.92 Å². The monoisotopic (exact) mass is 263 g/mol. The molecule has 0 aliphatic carbocycles. The Hall–Kier alpha value is -2.30. The molecule has 0 bridgehead atoms. The van der Waals surface area contributed by atoms with Gasteiger partial charge >= 0.3 is 5.97 Å². The maximum atomic E-state index is 11.5. The highest BCUT2D eigenvalue weighted by Crippen LogP contribution is 2.12. The number of ether oxygens (including phenoxy) is 1. The third kappa shape index (κ3) is 5.25. The lowest BCUT2D eigenvalue weighted by molar-refractivity contribution is -0.141. The van der Waals surface area contributed by atoms with Crippen molar-refractivity contribution < 1.29 is 19.4 Å². The van der Waals surface area contributed by atoms with E-state index >= 15 is 0 Å². The fourth-order valence-corrected chi connectivity index (χ4v) is 1.29. The number of hydrogen-bond donors (Lipinski definition) is 2. The molecule has 5 heteroatoms. The van der Waals surface area contributed by atoms with E-state index in [2.05, 4.69) is 5.32 Å². The van der Waals surface area contributed by atoms with E-state index in [0.717, 1.165) is 11.3 Å². The van der Waals surface area contributed by atoms with Gasteiger partial charge in [0.15, 0.2) is 0 Å². The van der Waals surface area contributed by atoms with Crippen LogP contribution in [-0.2, 0) is 9.59 Å². The Bertz CT molecular complexity index is 465. The highest BCUT2D eigenvalue weighted by molar-refractivity contribution is 5.91. The SMILES string of the molecule is COc1ccc(C=CC(=O)NCC(C)C(=O)O)cc1. The van der Waals surface area contributed by atoms with E-state index in [0.29, 0.717) is 0 Å². The lowest BCUT2D eigenvalue weighted by atomic mass is 10.2. The van der Waals surface area contributed by atoms with Gasteiger partial charge in [-0.3, -0.25) is 9.59 Å². The van der Waals surface area contributed by atoms with Crippen molar-refractivity contribution in [3.8, 4) is 5.75 Å². The lowest BCUT2D eigenvalue weighted by Crippen LogP contribution is -2.30. The Labute approximate surface area is 111 Å². The van der Waals surface area contributed by atoms with Crippen LogP contribution in [0.4, 0.5) is 0 Å². The van der Waals surface area contributed by atoms with Gasteiger partial charge in [0.1, 0.15) is 5.75 Å². The Balaban J connectivity index is 2.46. The predicted molar refractivity (Wildman–Crippen MR) is 71.8 cm³/mol. The second kappa shape index (κ2) is 7.20. The van der Waals surface area contributed by atoms with Gasteiger partial charge in [0.2, 0.25) is 5.91 Å². The topological polar surface area (TPSA) is 75.6 Å². The van der Waals surface area contributed by atoms with E-state index < -0.39 is 11.9 Å². The minimum atomic E-state index is -0.931. The molecule has 102 valence electrons. The molecular formula is C14H17NO4. The number of carbonyl (C=O) groups is 2. The highest BCUT2D eigenvalue weighted by atomic mass is 16.5. The number of carboxylic acid groups (broad SMARTS) is 1. The predicted octanol–water partition coefficient (Wildman–Crippen LogP) is 1.55. The van der Waals surface area contributed by atoms with Crippen LogP contribution in [0.5, 0.6) is 5.75 Å². The molecule has 1 rings (SSSR count). The van der Waals surface area contributed by atoms with Crippen molar-refractivity contribution in [2.75, 3.05) is 13.7 Å². The Morgan fingerprint density at radius 3 is 2.53 bits per heavy atom. The first-order valence-corrected chi connectivity index (χ1v) is 5.85. The summed E-state index contributed by atoms with van der Waals surface area (Å²) in [5.41, 5.74) is 0.863. The van der Waals surface area contributed by atoms with Crippen molar-refractivity contribution in [3.05, 3.63) is 35.9 Å². The van der Waals surface area contributed by atoms with Crippen molar-refractivity contribution in [2.45, 2.75) is 6.92 Å². The zero-order valence-electron chi connectivity index (χ0n) is 10.9. The molecule has 2 N–H and O–H groups in total. The maximum Gasteiger partial charge on any atom is 0.308 e. The Kier molecular flexibility index (Phi) is 5.60. The van der Waals surface area contributed by atoms with E-state index in [1.807, 2.05) is 12.1 Å². The summed E-state index contributed by atoms with van der Waals surface area (Å²) in [6.45, 7) is 1.65. The van der Waals surface area contributed by atoms with Crippen molar-refractivity contribution in [2.24, 2.45) is 5.92 Å². The van der Waals surface area contributed by atoms with Gasteiger partial charge < -0.3 is 15.2 Å². The number of amides is 1. The molecule has 1 aromatic rings. The number of carboxylic acids is 1. The third-order valence-corrected chi connectivity index (χ3v) is 2.55. The molecule has 0 fully saturated rings. The van der Waals surface area contributed by atoms with Crippen LogP contribution in [0.25, 0.3) is 6.08 Å². The molecule has 0 saturated carbocycles. The summed E-state index contributed by atoms with van der Waals surface area (Å²) in [4.78, 5) is 22.0. The summed E-state index contributed by atoms with van der Waals surface area (Å²) in [7, 11) is 1.59. The van der Waals surface area contributed by atoms with Crippen LogP contribution in [0.3, 0.4) is 0 Å². The smallest absolute Gasteiger partial charge is 0.308 e. The van der Waals surface area contributed by atoms with Gasteiger partial charge in [-0.1, -0.05) is 19.1 Å². The minimum Gasteiger partial charge on any atom is -0.497 e. The van der Waals surface area contributed by atoms with Crippen molar-refractivity contribution in [1.29, 1.82) is 0 Å². The third-order valence-electron chi connectivity index (χ3n) is 2.55. The Morgan fingerprint density at radius 2 is 2.00 bits per heavy atom.